The van der Waals surface area contributed by atoms with Crippen LogP contribution >= 0.6 is 0 Å². The molecule has 22 heavy (non-hydrogen) atoms. The maximum absolute atomic E-state index is 13.4. The SMILES string of the molecule is Cc1cc(C(=O)N2CC(C)OC(C)C2)c2ccc(F)cc2n1. The first kappa shape index (κ1) is 14.9. The zero-order valence-electron chi connectivity index (χ0n) is 13.0. The van der Waals surface area contributed by atoms with Crippen molar-refractivity contribution in [1.29, 1.82) is 0 Å². The number of nitrogens with zero attached hydrogens (tertiary/aromatic N) is 2. The van der Waals surface area contributed by atoms with Gasteiger partial charge in [0, 0.05) is 30.2 Å². The van der Waals surface area contributed by atoms with Gasteiger partial charge in [-0.15, -0.1) is 0 Å². The molecule has 1 amide bonds. The van der Waals surface area contributed by atoms with Gasteiger partial charge in [0.2, 0.25) is 0 Å². The van der Waals surface area contributed by atoms with Gasteiger partial charge in [-0.3, -0.25) is 9.78 Å². The third-order valence-electron chi connectivity index (χ3n) is 3.84. The Bertz CT molecular complexity index is 717. The number of aromatic nitrogens is 1. The molecule has 3 rings (SSSR count). The minimum Gasteiger partial charge on any atom is -0.372 e. The summed E-state index contributed by atoms with van der Waals surface area (Å²) in [6.45, 7) is 6.86. The van der Waals surface area contributed by atoms with Crippen LogP contribution in [0.3, 0.4) is 0 Å². The van der Waals surface area contributed by atoms with Crippen LogP contribution in [-0.2, 0) is 4.74 Å². The van der Waals surface area contributed by atoms with Crippen LogP contribution in [0.5, 0.6) is 0 Å². The molecule has 1 aliphatic heterocycles. The fraction of sp³-hybridized carbons (Fsp3) is 0.412. The lowest BCUT2D eigenvalue weighted by Crippen LogP contribution is -2.48. The Morgan fingerprint density at radius 3 is 2.64 bits per heavy atom. The zero-order chi connectivity index (χ0) is 15.9. The van der Waals surface area contributed by atoms with Crippen molar-refractivity contribution in [2.75, 3.05) is 13.1 Å². The Morgan fingerprint density at radius 1 is 1.27 bits per heavy atom. The van der Waals surface area contributed by atoms with E-state index in [1.54, 1.807) is 17.0 Å². The van der Waals surface area contributed by atoms with Crippen LogP contribution in [0.2, 0.25) is 0 Å². The van der Waals surface area contributed by atoms with Crippen LogP contribution in [0.1, 0.15) is 29.9 Å². The average molecular weight is 302 g/mol. The molecule has 0 bridgehead atoms. The van der Waals surface area contributed by atoms with Gasteiger partial charge in [0.1, 0.15) is 5.82 Å². The first-order chi connectivity index (χ1) is 10.4. The van der Waals surface area contributed by atoms with Crippen LogP contribution in [0.25, 0.3) is 10.9 Å². The summed E-state index contributed by atoms with van der Waals surface area (Å²) in [5.41, 5.74) is 1.79. The average Bonchev–Trinajstić information content (AvgIpc) is 2.44. The van der Waals surface area contributed by atoms with Crippen molar-refractivity contribution in [2.45, 2.75) is 33.0 Å². The lowest BCUT2D eigenvalue weighted by atomic mass is 10.1. The number of amides is 1. The zero-order valence-corrected chi connectivity index (χ0v) is 13.0. The van der Waals surface area contributed by atoms with E-state index in [1.807, 2.05) is 20.8 Å². The highest BCUT2D eigenvalue weighted by Gasteiger charge is 2.27. The number of carbonyl (C=O) groups excluding carboxylic acids is 1. The predicted octanol–water partition coefficient (Wildman–Crippen LogP) is 2.93. The molecule has 116 valence electrons. The summed E-state index contributed by atoms with van der Waals surface area (Å²) >= 11 is 0. The van der Waals surface area contributed by atoms with E-state index in [0.29, 0.717) is 35.2 Å². The molecule has 1 saturated heterocycles. The van der Waals surface area contributed by atoms with Crippen molar-refractivity contribution in [1.82, 2.24) is 9.88 Å². The van der Waals surface area contributed by atoms with Crippen LogP contribution in [0.4, 0.5) is 4.39 Å². The van der Waals surface area contributed by atoms with Crippen molar-refractivity contribution in [3.63, 3.8) is 0 Å². The van der Waals surface area contributed by atoms with Crippen LogP contribution in [0, 0.1) is 12.7 Å². The first-order valence-corrected chi connectivity index (χ1v) is 7.45. The molecule has 0 saturated carbocycles. The van der Waals surface area contributed by atoms with E-state index in [1.165, 1.54) is 12.1 Å². The first-order valence-electron chi connectivity index (χ1n) is 7.45. The summed E-state index contributed by atoms with van der Waals surface area (Å²) < 4.78 is 19.1. The quantitative estimate of drug-likeness (QED) is 0.813. The largest absolute Gasteiger partial charge is 0.372 e. The Hall–Kier alpha value is -2.01. The van der Waals surface area contributed by atoms with Crippen molar-refractivity contribution in [3.05, 3.63) is 41.3 Å². The summed E-state index contributed by atoms with van der Waals surface area (Å²) in [7, 11) is 0. The van der Waals surface area contributed by atoms with Gasteiger partial charge in [-0.25, -0.2) is 4.39 Å². The molecule has 1 fully saturated rings. The molecule has 0 spiro atoms. The molecule has 0 radical (unpaired) electrons. The minimum absolute atomic E-state index is 0.0133. The van der Waals surface area contributed by atoms with Gasteiger partial charge in [0.15, 0.2) is 0 Å². The highest BCUT2D eigenvalue weighted by Crippen LogP contribution is 2.22. The molecule has 2 atom stereocenters. The summed E-state index contributed by atoms with van der Waals surface area (Å²) in [5, 5.41) is 0.684. The van der Waals surface area contributed by atoms with Gasteiger partial charge < -0.3 is 9.64 Å². The molecule has 0 aliphatic carbocycles. The summed E-state index contributed by atoms with van der Waals surface area (Å²) in [5.74, 6) is -0.401. The number of hydrogen-bond donors (Lipinski definition) is 0. The van der Waals surface area contributed by atoms with Crippen LogP contribution in [-0.4, -0.2) is 41.1 Å². The highest BCUT2D eigenvalue weighted by molar-refractivity contribution is 6.06. The lowest BCUT2D eigenvalue weighted by Gasteiger charge is -2.35. The third kappa shape index (κ3) is 2.81. The standard InChI is InChI=1S/C17H19FN2O2/c1-10-6-15(14-5-4-13(18)7-16(14)19-10)17(21)20-8-11(2)22-12(3)9-20/h4-7,11-12H,8-9H2,1-3H3. The number of ether oxygens (including phenoxy) is 1. The molecule has 1 aromatic heterocycles. The van der Waals surface area contributed by atoms with Gasteiger partial charge in [-0.05, 0) is 39.0 Å². The Labute approximate surface area is 128 Å². The number of pyridine rings is 1. The van der Waals surface area contributed by atoms with E-state index in [-0.39, 0.29) is 23.9 Å². The van der Waals surface area contributed by atoms with Crippen molar-refractivity contribution >= 4 is 16.8 Å². The molecular weight excluding hydrogens is 283 g/mol. The Balaban J connectivity index is 2.03. The summed E-state index contributed by atoms with van der Waals surface area (Å²) in [6.07, 6.45) is 0.0266. The Kier molecular flexibility index (Phi) is 3.83. The second-order valence-corrected chi connectivity index (χ2v) is 5.94. The van der Waals surface area contributed by atoms with Crippen LogP contribution in [0.15, 0.2) is 24.3 Å². The van der Waals surface area contributed by atoms with Gasteiger partial charge in [0.25, 0.3) is 5.91 Å². The van der Waals surface area contributed by atoms with Crippen molar-refractivity contribution in [2.24, 2.45) is 0 Å². The number of benzene rings is 1. The number of carbonyl (C=O) groups is 1. The fourth-order valence-corrected chi connectivity index (χ4v) is 3.02. The van der Waals surface area contributed by atoms with E-state index in [2.05, 4.69) is 4.98 Å². The van der Waals surface area contributed by atoms with Gasteiger partial charge >= 0.3 is 0 Å². The van der Waals surface area contributed by atoms with Gasteiger partial charge in [0.05, 0.1) is 23.3 Å². The topological polar surface area (TPSA) is 42.4 Å². The second kappa shape index (κ2) is 5.65. The number of morpholine rings is 1. The third-order valence-corrected chi connectivity index (χ3v) is 3.84. The molecule has 5 heteroatoms. The molecular formula is C17H19FN2O2. The van der Waals surface area contributed by atoms with Crippen LogP contribution < -0.4 is 0 Å². The second-order valence-electron chi connectivity index (χ2n) is 5.94. The highest BCUT2D eigenvalue weighted by atomic mass is 19.1. The normalized spacial score (nSPS) is 22.1. The van der Waals surface area contributed by atoms with Gasteiger partial charge in [-0.2, -0.15) is 0 Å². The molecule has 4 nitrogen and oxygen atoms in total. The van der Waals surface area contributed by atoms with Gasteiger partial charge in [-0.1, -0.05) is 0 Å². The smallest absolute Gasteiger partial charge is 0.254 e. The molecule has 1 aliphatic rings. The van der Waals surface area contributed by atoms with Crippen molar-refractivity contribution < 1.29 is 13.9 Å². The number of aryl methyl sites for hydroxylation is 1. The van der Waals surface area contributed by atoms with E-state index in [4.69, 9.17) is 4.74 Å². The lowest BCUT2D eigenvalue weighted by molar-refractivity contribution is -0.0585. The maximum Gasteiger partial charge on any atom is 0.254 e. The summed E-state index contributed by atoms with van der Waals surface area (Å²) in [4.78, 5) is 19.0. The molecule has 0 N–H and O–H groups in total. The predicted molar refractivity (Wildman–Crippen MR) is 82.4 cm³/mol. The molecule has 2 unspecified atom stereocenters. The number of halogens is 1. The monoisotopic (exact) mass is 302 g/mol. The molecule has 2 aromatic rings. The molecule has 1 aromatic carbocycles. The number of rotatable bonds is 1. The van der Waals surface area contributed by atoms with Crippen molar-refractivity contribution in [3.8, 4) is 0 Å². The molecule has 2 heterocycles. The minimum atomic E-state index is -0.349. The number of hydrogen-bond acceptors (Lipinski definition) is 3. The summed E-state index contributed by atoms with van der Waals surface area (Å²) in [6, 6.07) is 6.12. The van der Waals surface area contributed by atoms with E-state index < -0.39 is 0 Å². The Morgan fingerprint density at radius 2 is 1.95 bits per heavy atom. The number of fused-ring (bicyclic) bond motifs is 1. The van der Waals surface area contributed by atoms with E-state index in [9.17, 15) is 9.18 Å². The van der Waals surface area contributed by atoms with E-state index in [0.717, 1.165) is 0 Å². The van der Waals surface area contributed by atoms with E-state index >= 15 is 0 Å². The maximum atomic E-state index is 13.4. The fourth-order valence-electron chi connectivity index (χ4n) is 3.02.